The number of carbonyl (C=O) groups is 1. The van der Waals surface area contributed by atoms with Crippen LogP contribution in [0, 0.1) is 26.7 Å². The van der Waals surface area contributed by atoms with Gasteiger partial charge in [-0.25, -0.2) is 0 Å². The molecule has 224 valence electrons. The van der Waals surface area contributed by atoms with Crippen LogP contribution in [0.15, 0.2) is 47.3 Å². The minimum absolute atomic E-state index is 0.142. The number of aromatic nitrogens is 1. The molecule has 6 nitrogen and oxygen atoms in total. The van der Waals surface area contributed by atoms with E-state index in [0.29, 0.717) is 17.2 Å². The van der Waals surface area contributed by atoms with Gasteiger partial charge in [-0.2, -0.15) is 0 Å². The summed E-state index contributed by atoms with van der Waals surface area (Å²) >= 11 is 0. The maximum Gasteiger partial charge on any atom is 0.253 e. The molecule has 2 heterocycles. The Morgan fingerprint density at radius 1 is 0.976 bits per heavy atom. The molecule has 1 saturated heterocycles. The largest absolute Gasteiger partial charge is 0.369 e. The van der Waals surface area contributed by atoms with E-state index in [1.54, 1.807) is 0 Å². The molecule has 2 aliphatic rings. The lowest BCUT2D eigenvalue weighted by Gasteiger charge is -2.32. The molecule has 1 aliphatic carbocycles. The van der Waals surface area contributed by atoms with Crippen molar-refractivity contribution in [2.24, 2.45) is 5.92 Å². The molecule has 2 aromatic carbocycles. The average molecular weight is 569 g/mol. The lowest BCUT2D eigenvalue weighted by atomic mass is 9.95. The van der Waals surface area contributed by atoms with E-state index in [0.717, 1.165) is 52.6 Å². The summed E-state index contributed by atoms with van der Waals surface area (Å²) < 4.78 is 0. The first-order valence-corrected chi connectivity index (χ1v) is 15.9. The predicted octanol–water partition coefficient (Wildman–Crippen LogP) is 6.90. The number of nitrogens with one attached hydrogen (secondary N) is 2. The maximum atomic E-state index is 13.7. The van der Waals surface area contributed by atoms with Crippen LogP contribution in [0.25, 0.3) is 11.1 Å². The van der Waals surface area contributed by atoms with E-state index in [-0.39, 0.29) is 18.0 Å². The quantitative estimate of drug-likeness (QED) is 0.295. The van der Waals surface area contributed by atoms with Gasteiger partial charge in [-0.1, -0.05) is 44.0 Å². The lowest BCUT2D eigenvalue weighted by Crippen LogP contribution is -2.34. The number of anilines is 1. The number of likely N-dealkylation sites (tertiary alicyclic amines) is 1. The number of hydrogen-bond donors (Lipinski definition) is 2. The van der Waals surface area contributed by atoms with Crippen molar-refractivity contribution in [2.45, 2.75) is 92.3 Å². The van der Waals surface area contributed by atoms with Gasteiger partial charge in [0, 0.05) is 48.2 Å². The second-order valence-electron chi connectivity index (χ2n) is 12.7. The second-order valence-corrected chi connectivity index (χ2v) is 12.7. The summed E-state index contributed by atoms with van der Waals surface area (Å²) in [6, 6.07) is 15.7. The fourth-order valence-corrected chi connectivity index (χ4v) is 6.89. The number of hydrogen-bond acceptors (Lipinski definition) is 4. The Morgan fingerprint density at radius 2 is 1.67 bits per heavy atom. The minimum Gasteiger partial charge on any atom is -0.369 e. The molecule has 5 rings (SSSR count). The van der Waals surface area contributed by atoms with Crippen molar-refractivity contribution in [1.82, 2.24) is 15.2 Å². The summed E-state index contributed by atoms with van der Waals surface area (Å²) in [7, 11) is 0. The fraction of sp³-hybridized carbons (Fsp3) is 0.500. The smallest absolute Gasteiger partial charge is 0.253 e. The third-order valence-electron chi connectivity index (χ3n) is 9.53. The standard InChI is InChI=1S/C36H48N4O2/c1-6-40(31-9-7-8-10-31)34-21-30(29-13-11-28(12-14-29)23-39-17-15-24(2)16-18-39)20-32(27(34)5)35(41)37-22-33-25(3)19-26(4)38-36(33)42/h11-14,19-21,24,31H,6-10,15-18,22-23H2,1-5H3,(H,37,41)(H,38,42). The summed E-state index contributed by atoms with van der Waals surface area (Å²) in [5.41, 5.74) is 8.49. The van der Waals surface area contributed by atoms with E-state index >= 15 is 0 Å². The molecule has 1 amide bonds. The Balaban J connectivity index is 1.44. The monoisotopic (exact) mass is 568 g/mol. The summed E-state index contributed by atoms with van der Waals surface area (Å²) in [5.74, 6) is 0.688. The molecule has 1 aliphatic heterocycles. The molecule has 0 radical (unpaired) electrons. The van der Waals surface area contributed by atoms with Crippen LogP contribution >= 0.6 is 0 Å². The maximum absolute atomic E-state index is 13.7. The topological polar surface area (TPSA) is 68.4 Å². The van der Waals surface area contributed by atoms with E-state index in [2.05, 4.69) is 71.2 Å². The molecule has 0 atom stereocenters. The van der Waals surface area contributed by atoms with Gasteiger partial charge in [0.15, 0.2) is 0 Å². The van der Waals surface area contributed by atoms with Gasteiger partial charge in [-0.15, -0.1) is 0 Å². The SMILES string of the molecule is CCN(c1cc(-c2ccc(CN3CCC(C)CC3)cc2)cc(C(=O)NCc2c(C)cc(C)[nH]c2=O)c1C)C1CCCC1. The van der Waals surface area contributed by atoms with Crippen molar-refractivity contribution in [3.63, 3.8) is 0 Å². The molecule has 0 unspecified atom stereocenters. The zero-order chi connectivity index (χ0) is 29.8. The molecule has 1 saturated carbocycles. The van der Waals surface area contributed by atoms with Crippen molar-refractivity contribution in [1.29, 1.82) is 0 Å². The van der Waals surface area contributed by atoms with Crippen LogP contribution in [-0.2, 0) is 13.1 Å². The van der Waals surface area contributed by atoms with Gasteiger partial charge >= 0.3 is 0 Å². The zero-order valence-electron chi connectivity index (χ0n) is 26.2. The van der Waals surface area contributed by atoms with Crippen LogP contribution < -0.4 is 15.8 Å². The Morgan fingerprint density at radius 3 is 2.31 bits per heavy atom. The third-order valence-corrected chi connectivity index (χ3v) is 9.53. The van der Waals surface area contributed by atoms with E-state index in [4.69, 9.17) is 0 Å². The van der Waals surface area contributed by atoms with E-state index in [1.807, 2.05) is 26.0 Å². The van der Waals surface area contributed by atoms with Gasteiger partial charge in [0.25, 0.3) is 11.5 Å². The number of aromatic amines is 1. The number of benzene rings is 2. The molecule has 42 heavy (non-hydrogen) atoms. The molecule has 6 heteroatoms. The van der Waals surface area contributed by atoms with Crippen molar-refractivity contribution < 1.29 is 4.79 Å². The highest BCUT2D eigenvalue weighted by Crippen LogP contribution is 2.35. The Hall–Kier alpha value is -3.38. The van der Waals surface area contributed by atoms with Gasteiger partial charge < -0.3 is 15.2 Å². The first-order valence-electron chi connectivity index (χ1n) is 15.9. The third kappa shape index (κ3) is 6.81. The molecular weight excluding hydrogens is 520 g/mol. The van der Waals surface area contributed by atoms with Crippen LogP contribution in [0.5, 0.6) is 0 Å². The fourth-order valence-electron chi connectivity index (χ4n) is 6.89. The highest BCUT2D eigenvalue weighted by atomic mass is 16.1. The molecule has 3 aromatic rings. The molecule has 2 fully saturated rings. The molecule has 0 spiro atoms. The van der Waals surface area contributed by atoms with E-state index in [9.17, 15) is 9.59 Å². The Kier molecular flexibility index (Phi) is 9.52. The van der Waals surface area contributed by atoms with Crippen LogP contribution in [0.4, 0.5) is 5.69 Å². The number of piperidine rings is 1. The number of rotatable bonds is 9. The average Bonchev–Trinajstić information content (AvgIpc) is 3.50. The number of carbonyl (C=O) groups excluding carboxylic acids is 1. The zero-order valence-corrected chi connectivity index (χ0v) is 26.2. The number of nitrogens with zero attached hydrogens (tertiary/aromatic N) is 2. The van der Waals surface area contributed by atoms with E-state index < -0.39 is 0 Å². The van der Waals surface area contributed by atoms with Crippen molar-refractivity contribution >= 4 is 11.6 Å². The summed E-state index contributed by atoms with van der Waals surface area (Å²) in [6.45, 7) is 14.9. The highest BCUT2D eigenvalue weighted by molar-refractivity contribution is 5.99. The predicted molar refractivity (Wildman–Crippen MR) is 173 cm³/mol. The summed E-state index contributed by atoms with van der Waals surface area (Å²) in [6.07, 6.45) is 7.46. The number of aryl methyl sites for hydroxylation is 2. The van der Waals surface area contributed by atoms with E-state index in [1.165, 1.54) is 57.2 Å². The number of pyridine rings is 1. The minimum atomic E-state index is -0.145. The van der Waals surface area contributed by atoms with Crippen LogP contribution in [0.3, 0.4) is 0 Å². The second kappa shape index (κ2) is 13.3. The molecular formula is C36H48N4O2. The van der Waals surface area contributed by atoms with Crippen molar-refractivity contribution in [3.05, 3.63) is 86.3 Å². The van der Waals surface area contributed by atoms with Crippen LogP contribution in [0.2, 0.25) is 0 Å². The Labute approximate surface area is 251 Å². The van der Waals surface area contributed by atoms with Gasteiger partial charge in [0.1, 0.15) is 0 Å². The summed E-state index contributed by atoms with van der Waals surface area (Å²) in [5, 5.41) is 3.06. The van der Waals surface area contributed by atoms with Crippen molar-refractivity contribution in [2.75, 3.05) is 24.5 Å². The van der Waals surface area contributed by atoms with Gasteiger partial charge in [-0.3, -0.25) is 14.5 Å². The van der Waals surface area contributed by atoms with Crippen molar-refractivity contribution in [3.8, 4) is 11.1 Å². The first-order chi connectivity index (χ1) is 20.2. The lowest BCUT2D eigenvalue weighted by molar-refractivity contribution is 0.0950. The normalized spacial score (nSPS) is 16.6. The number of H-pyrrole nitrogens is 1. The first kappa shape index (κ1) is 30.1. The van der Waals surface area contributed by atoms with Crippen LogP contribution in [0.1, 0.15) is 90.7 Å². The molecule has 1 aromatic heterocycles. The van der Waals surface area contributed by atoms with Gasteiger partial charge in [0.05, 0.1) is 0 Å². The summed E-state index contributed by atoms with van der Waals surface area (Å²) in [4.78, 5) is 34.3. The number of amides is 1. The molecule has 2 N–H and O–H groups in total. The highest BCUT2D eigenvalue weighted by Gasteiger charge is 2.26. The van der Waals surface area contributed by atoms with Crippen LogP contribution in [-0.4, -0.2) is 41.5 Å². The molecule has 0 bridgehead atoms. The Bertz CT molecular complexity index is 1440. The van der Waals surface area contributed by atoms with Gasteiger partial charge in [0.2, 0.25) is 0 Å². The van der Waals surface area contributed by atoms with Gasteiger partial charge in [-0.05, 0) is 118 Å².